The van der Waals surface area contributed by atoms with Crippen LogP contribution in [0.2, 0.25) is 0 Å². The highest BCUT2D eigenvalue weighted by Crippen LogP contribution is 2.33. The minimum Gasteiger partial charge on any atom is -0.459 e. The highest BCUT2D eigenvalue weighted by molar-refractivity contribution is 5.82. The molecule has 1 saturated heterocycles. The largest absolute Gasteiger partial charge is 0.459 e. The lowest BCUT2D eigenvalue weighted by Gasteiger charge is -2.28. The molecule has 1 aliphatic heterocycles. The number of likely N-dealkylation sites (tertiary alicyclic amines) is 1. The van der Waals surface area contributed by atoms with Crippen LogP contribution in [0.5, 0.6) is 0 Å². The third kappa shape index (κ3) is 6.20. The van der Waals surface area contributed by atoms with Gasteiger partial charge in [-0.1, -0.05) is 30.3 Å². The van der Waals surface area contributed by atoms with Gasteiger partial charge in [-0.25, -0.2) is 14.0 Å². The molecule has 0 saturated carbocycles. The number of nitrogens with zero attached hydrogens (tertiary/aromatic N) is 2. The molecule has 2 rings (SSSR count). The van der Waals surface area contributed by atoms with Gasteiger partial charge in [0.25, 0.3) is 0 Å². The molecule has 1 aromatic carbocycles. The summed E-state index contributed by atoms with van der Waals surface area (Å²) in [6.45, 7) is 5.16. The Balaban J connectivity index is 2.12. The molecule has 2 atom stereocenters. The van der Waals surface area contributed by atoms with Crippen LogP contribution >= 0.6 is 0 Å². The van der Waals surface area contributed by atoms with Gasteiger partial charge in [0, 0.05) is 13.0 Å². The Bertz CT molecular complexity index is 660. The predicted octanol–water partition coefficient (Wildman–Crippen LogP) is 3.01. The highest BCUT2D eigenvalue weighted by atomic mass is 19.1. The zero-order valence-corrected chi connectivity index (χ0v) is 16.7. The molecule has 0 radical (unpaired) electrons. The van der Waals surface area contributed by atoms with E-state index in [4.69, 9.17) is 9.47 Å². The lowest BCUT2D eigenvalue weighted by atomic mass is 10.0. The van der Waals surface area contributed by atoms with Crippen molar-refractivity contribution in [3.05, 3.63) is 35.9 Å². The SMILES string of the molecule is CN(C)CC1(F)CC(C(=O)OCc2ccccc2)N(C(=O)OC(C)(C)C)C1. The minimum atomic E-state index is -1.70. The zero-order chi connectivity index (χ0) is 20.2. The van der Waals surface area contributed by atoms with E-state index in [1.165, 1.54) is 0 Å². The van der Waals surface area contributed by atoms with Gasteiger partial charge in [0.05, 0.1) is 6.54 Å². The van der Waals surface area contributed by atoms with E-state index in [1.807, 2.05) is 30.3 Å². The Morgan fingerprint density at radius 1 is 1.26 bits per heavy atom. The molecule has 1 aromatic rings. The van der Waals surface area contributed by atoms with Crippen molar-refractivity contribution in [1.29, 1.82) is 0 Å². The van der Waals surface area contributed by atoms with Crippen LogP contribution in [0.25, 0.3) is 0 Å². The predicted molar refractivity (Wildman–Crippen MR) is 100.0 cm³/mol. The van der Waals surface area contributed by atoms with Crippen LogP contribution in [0.3, 0.4) is 0 Å². The Hall–Kier alpha value is -2.15. The summed E-state index contributed by atoms with van der Waals surface area (Å²) < 4.78 is 26.0. The Morgan fingerprint density at radius 2 is 1.89 bits per heavy atom. The number of carbonyl (C=O) groups is 2. The van der Waals surface area contributed by atoms with Crippen molar-refractivity contribution < 1.29 is 23.5 Å². The summed E-state index contributed by atoms with van der Waals surface area (Å²) in [5.41, 5.74) is -1.61. The van der Waals surface area contributed by atoms with Crippen LogP contribution < -0.4 is 0 Å². The fourth-order valence-corrected chi connectivity index (χ4v) is 3.17. The maximum absolute atomic E-state index is 15.3. The van der Waals surface area contributed by atoms with Gasteiger partial charge in [-0.3, -0.25) is 4.90 Å². The molecule has 0 spiro atoms. The maximum atomic E-state index is 15.3. The van der Waals surface area contributed by atoms with Gasteiger partial charge in [0.15, 0.2) is 0 Å². The molecule has 7 heteroatoms. The average molecular weight is 380 g/mol. The van der Waals surface area contributed by atoms with E-state index in [-0.39, 0.29) is 26.1 Å². The molecule has 0 N–H and O–H groups in total. The average Bonchev–Trinajstić information content (AvgIpc) is 2.89. The molecule has 1 amide bonds. The summed E-state index contributed by atoms with van der Waals surface area (Å²) in [6, 6.07) is 8.21. The van der Waals surface area contributed by atoms with E-state index in [1.54, 1.807) is 39.8 Å². The molecule has 150 valence electrons. The van der Waals surface area contributed by atoms with Crippen molar-refractivity contribution in [3.63, 3.8) is 0 Å². The number of rotatable bonds is 5. The summed E-state index contributed by atoms with van der Waals surface area (Å²) in [5, 5.41) is 0. The van der Waals surface area contributed by atoms with Gasteiger partial charge in [-0.2, -0.15) is 0 Å². The monoisotopic (exact) mass is 380 g/mol. The molecule has 27 heavy (non-hydrogen) atoms. The second-order valence-corrected chi connectivity index (χ2v) is 8.31. The van der Waals surface area contributed by atoms with Crippen molar-refractivity contribution in [2.45, 2.75) is 51.1 Å². The van der Waals surface area contributed by atoms with Crippen molar-refractivity contribution in [2.24, 2.45) is 0 Å². The second kappa shape index (κ2) is 8.25. The van der Waals surface area contributed by atoms with Crippen molar-refractivity contribution in [3.8, 4) is 0 Å². The molecular formula is C20H29FN2O4. The van der Waals surface area contributed by atoms with E-state index >= 15 is 4.39 Å². The van der Waals surface area contributed by atoms with Crippen LogP contribution in [0.15, 0.2) is 30.3 Å². The topological polar surface area (TPSA) is 59.1 Å². The van der Waals surface area contributed by atoms with Gasteiger partial charge in [0.1, 0.15) is 23.9 Å². The fraction of sp³-hybridized carbons (Fsp3) is 0.600. The number of amides is 1. The number of hydrogen-bond donors (Lipinski definition) is 0. The van der Waals surface area contributed by atoms with Gasteiger partial charge >= 0.3 is 12.1 Å². The third-order valence-corrected chi connectivity index (χ3v) is 4.11. The first-order chi connectivity index (χ1) is 12.5. The molecule has 1 fully saturated rings. The molecular weight excluding hydrogens is 351 g/mol. The maximum Gasteiger partial charge on any atom is 0.411 e. The Labute approximate surface area is 160 Å². The number of benzene rings is 1. The summed E-state index contributed by atoms with van der Waals surface area (Å²) in [5.74, 6) is -0.622. The van der Waals surface area contributed by atoms with Gasteiger partial charge in [0.2, 0.25) is 0 Å². The molecule has 0 aromatic heterocycles. The molecule has 2 unspecified atom stereocenters. The van der Waals surface area contributed by atoms with Gasteiger partial charge in [-0.05, 0) is 40.4 Å². The minimum absolute atomic E-state index is 0.0747. The van der Waals surface area contributed by atoms with Crippen LogP contribution in [0.4, 0.5) is 9.18 Å². The van der Waals surface area contributed by atoms with Crippen molar-refractivity contribution >= 4 is 12.1 Å². The molecule has 6 nitrogen and oxygen atoms in total. The third-order valence-electron chi connectivity index (χ3n) is 4.11. The van der Waals surface area contributed by atoms with Crippen molar-refractivity contribution in [2.75, 3.05) is 27.2 Å². The number of ether oxygens (including phenoxy) is 2. The van der Waals surface area contributed by atoms with Gasteiger partial charge in [-0.15, -0.1) is 0 Å². The lowest BCUT2D eigenvalue weighted by molar-refractivity contribution is -0.150. The van der Waals surface area contributed by atoms with E-state index in [2.05, 4.69) is 0 Å². The number of carbonyl (C=O) groups excluding carboxylic acids is 2. The lowest BCUT2D eigenvalue weighted by Crippen LogP contribution is -2.45. The van der Waals surface area contributed by atoms with Crippen LogP contribution in [0, 0.1) is 0 Å². The highest BCUT2D eigenvalue weighted by Gasteiger charge is 2.51. The second-order valence-electron chi connectivity index (χ2n) is 8.31. The Kier molecular flexibility index (Phi) is 6.46. The summed E-state index contributed by atoms with van der Waals surface area (Å²) in [4.78, 5) is 28.0. The fourth-order valence-electron chi connectivity index (χ4n) is 3.17. The smallest absolute Gasteiger partial charge is 0.411 e. The molecule has 1 heterocycles. The zero-order valence-electron chi connectivity index (χ0n) is 16.7. The first kappa shape index (κ1) is 21.2. The quantitative estimate of drug-likeness (QED) is 0.735. The van der Waals surface area contributed by atoms with E-state index in [0.717, 1.165) is 10.5 Å². The van der Waals surface area contributed by atoms with Crippen LogP contribution in [0.1, 0.15) is 32.8 Å². The van der Waals surface area contributed by atoms with Crippen LogP contribution in [-0.4, -0.2) is 66.4 Å². The number of halogens is 1. The van der Waals surface area contributed by atoms with Gasteiger partial charge < -0.3 is 14.4 Å². The van der Waals surface area contributed by atoms with E-state index in [0.29, 0.717) is 0 Å². The van der Waals surface area contributed by atoms with Crippen LogP contribution in [-0.2, 0) is 20.9 Å². The first-order valence-electron chi connectivity index (χ1n) is 9.03. The summed E-state index contributed by atoms with van der Waals surface area (Å²) in [7, 11) is 3.50. The van der Waals surface area contributed by atoms with E-state index in [9.17, 15) is 9.59 Å². The number of hydrogen-bond acceptors (Lipinski definition) is 5. The summed E-state index contributed by atoms with van der Waals surface area (Å²) >= 11 is 0. The molecule has 0 aliphatic carbocycles. The standard InChI is InChI=1S/C20H29FN2O4/c1-19(2,3)27-18(25)23-14-20(21,13-22(4)5)11-16(23)17(24)26-12-15-9-7-6-8-10-15/h6-10,16H,11-14H2,1-5H3. The van der Waals surface area contributed by atoms with E-state index < -0.39 is 29.4 Å². The van der Waals surface area contributed by atoms with Crippen molar-refractivity contribution in [1.82, 2.24) is 9.80 Å². The number of esters is 1. The molecule has 1 aliphatic rings. The summed E-state index contributed by atoms with van der Waals surface area (Å²) in [6.07, 6.45) is -0.819. The normalized spacial score (nSPS) is 22.8. The molecule has 0 bridgehead atoms. The first-order valence-corrected chi connectivity index (χ1v) is 9.03. The number of alkyl halides is 1. The Morgan fingerprint density at radius 3 is 2.44 bits per heavy atom.